The van der Waals surface area contributed by atoms with Crippen LogP contribution < -0.4 is 0 Å². The fourth-order valence-electron chi connectivity index (χ4n) is 2.04. The van der Waals surface area contributed by atoms with E-state index in [-0.39, 0.29) is 18.8 Å². The summed E-state index contributed by atoms with van der Waals surface area (Å²) in [6.45, 7) is 0. The molecule has 15 heavy (non-hydrogen) atoms. The van der Waals surface area contributed by atoms with Gasteiger partial charge in [0.05, 0.1) is 12.0 Å². The van der Waals surface area contributed by atoms with Gasteiger partial charge in [-0.1, -0.05) is 0 Å². The maximum atomic E-state index is 10.4. The maximum absolute atomic E-state index is 10.4. The van der Waals surface area contributed by atoms with Crippen LogP contribution in [0.25, 0.3) is 0 Å². The molecular weight excluding hydrogens is 216 g/mol. The number of aryl methyl sites for hydroxylation is 1. The van der Waals surface area contributed by atoms with Crippen molar-refractivity contribution in [3.05, 3.63) is 17.7 Å². The molecule has 0 bridgehead atoms. The fraction of sp³-hybridized carbons (Fsp3) is 0.600. The van der Waals surface area contributed by atoms with E-state index < -0.39 is 5.97 Å². The normalized spacial score (nSPS) is 19.1. The van der Waals surface area contributed by atoms with Crippen LogP contribution in [0.3, 0.4) is 0 Å². The van der Waals surface area contributed by atoms with Gasteiger partial charge >= 0.3 is 5.97 Å². The van der Waals surface area contributed by atoms with E-state index in [4.69, 9.17) is 5.11 Å². The Balaban J connectivity index is 0.00000112. The molecule has 1 unspecified atom stereocenters. The van der Waals surface area contributed by atoms with Gasteiger partial charge in [-0.15, -0.1) is 12.4 Å². The van der Waals surface area contributed by atoms with E-state index >= 15 is 0 Å². The summed E-state index contributed by atoms with van der Waals surface area (Å²) in [5.41, 5.74) is 2.36. The van der Waals surface area contributed by atoms with Gasteiger partial charge in [0.1, 0.15) is 0 Å². The molecule has 4 nitrogen and oxygen atoms in total. The lowest BCUT2D eigenvalue weighted by molar-refractivity contribution is -0.137. The molecule has 1 aliphatic carbocycles. The number of rotatable bonds is 3. The smallest absolute Gasteiger partial charge is 0.303 e. The van der Waals surface area contributed by atoms with E-state index in [2.05, 4.69) is 9.97 Å². The lowest BCUT2D eigenvalue weighted by Gasteiger charge is -2.20. The standard InChI is InChI=1S/C10H14N2O2.ClH/c13-10(14)4-2-7-1-3-8-9(5-7)12-6-11-8;/h6-7H,1-5H2,(H,11,12)(H,13,14);1H. The van der Waals surface area contributed by atoms with Crippen molar-refractivity contribution in [2.24, 2.45) is 5.92 Å². The Hall–Kier alpha value is -1.03. The third kappa shape index (κ3) is 2.96. The van der Waals surface area contributed by atoms with E-state index in [1.165, 1.54) is 5.69 Å². The van der Waals surface area contributed by atoms with Crippen LogP contribution >= 0.6 is 12.4 Å². The summed E-state index contributed by atoms with van der Waals surface area (Å²) < 4.78 is 0. The van der Waals surface area contributed by atoms with E-state index in [1.54, 1.807) is 6.33 Å². The molecule has 0 radical (unpaired) electrons. The Morgan fingerprint density at radius 1 is 1.67 bits per heavy atom. The fourth-order valence-corrected chi connectivity index (χ4v) is 2.04. The minimum Gasteiger partial charge on any atom is -0.481 e. The molecule has 2 rings (SSSR count). The second-order valence-corrected chi connectivity index (χ2v) is 3.87. The minimum absolute atomic E-state index is 0. The van der Waals surface area contributed by atoms with E-state index in [0.717, 1.165) is 31.4 Å². The first-order chi connectivity index (χ1) is 6.75. The summed E-state index contributed by atoms with van der Waals surface area (Å²) in [4.78, 5) is 17.8. The number of fused-ring (bicyclic) bond motifs is 1. The summed E-state index contributed by atoms with van der Waals surface area (Å²) in [7, 11) is 0. The molecule has 0 spiro atoms. The van der Waals surface area contributed by atoms with Crippen LogP contribution in [-0.4, -0.2) is 21.0 Å². The van der Waals surface area contributed by atoms with Gasteiger partial charge in [-0.25, -0.2) is 4.98 Å². The zero-order chi connectivity index (χ0) is 9.97. The summed E-state index contributed by atoms with van der Waals surface area (Å²) in [6, 6.07) is 0. The predicted octanol–water partition coefficient (Wildman–Crippen LogP) is 1.80. The maximum Gasteiger partial charge on any atom is 0.303 e. The average molecular weight is 231 g/mol. The number of imidazole rings is 1. The molecular formula is C10H15ClN2O2. The van der Waals surface area contributed by atoms with Gasteiger partial charge in [-0.3, -0.25) is 4.79 Å². The molecule has 0 saturated carbocycles. The van der Waals surface area contributed by atoms with Crippen LogP contribution in [0.2, 0.25) is 0 Å². The van der Waals surface area contributed by atoms with Crippen molar-refractivity contribution < 1.29 is 9.90 Å². The Kier molecular flexibility index (Phi) is 4.15. The molecule has 0 amide bonds. The lowest BCUT2D eigenvalue weighted by atomic mass is 9.86. The van der Waals surface area contributed by atoms with Crippen LogP contribution in [-0.2, 0) is 17.6 Å². The molecule has 0 saturated heterocycles. The second kappa shape index (κ2) is 5.16. The van der Waals surface area contributed by atoms with Gasteiger partial charge < -0.3 is 10.1 Å². The number of hydrogen-bond donors (Lipinski definition) is 2. The summed E-state index contributed by atoms with van der Waals surface area (Å²) in [5.74, 6) is -0.195. The monoisotopic (exact) mass is 230 g/mol. The summed E-state index contributed by atoms with van der Waals surface area (Å²) >= 11 is 0. The number of aromatic amines is 1. The first-order valence-corrected chi connectivity index (χ1v) is 4.98. The molecule has 1 heterocycles. The van der Waals surface area contributed by atoms with E-state index in [0.29, 0.717) is 5.92 Å². The average Bonchev–Trinajstić information content (AvgIpc) is 2.61. The predicted molar refractivity (Wildman–Crippen MR) is 58.2 cm³/mol. The summed E-state index contributed by atoms with van der Waals surface area (Å²) in [5, 5.41) is 8.58. The molecule has 0 aromatic carbocycles. The number of hydrogen-bond acceptors (Lipinski definition) is 2. The molecule has 0 fully saturated rings. The van der Waals surface area contributed by atoms with Crippen molar-refractivity contribution in [1.29, 1.82) is 0 Å². The van der Waals surface area contributed by atoms with E-state index in [1.807, 2.05) is 0 Å². The Morgan fingerprint density at radius 3 is 3.20 bits per heavy atom. The highest BCUT2D eigenvalue weighted by atomic mass is 35.5. The number of carboxylic acid groups (broad SMARTS) is 1. The van der Waals surface area contributed by atoms with Crippen LogP contribution in [0.1, 0.15) is 30.7 Å². The number of carboxylic acids is 1. The highest BCUT2D eigenvalue weighted by molar-refractivity contribution is 5.85. The Morgan fingerprint density at radius 2 is 2.47 bits per heavy atom. The van der Waals surface area contributed by atoms with Crippen LogP contribution in [0.15, 0.2) is 6.33 Å². The Bertz CT molecular complexity index is 338. The molecule has 1 aromatic heterocycles. The van der Waals surface area contributed by atoms with Crippen LogP contribution in [0.4, 0.5) is 0 Å². The quantitative estimate of drug-likeness (QED) is 0.832. The van der Waals surface area contributed by atoms with Crippen LogP contribution in [0.5, 0.6) is 0 Å². The van der Waals surface area contributed by atoms with Crippen molar-refractivity contribution in [2.75, 3.05) is 0 Å². The zero-order valence-electron chi connectivity index (χ0n) is 8.40. The van der Waals surface area contributed by atoms with Gasteiger partial charge in [-0.2, -0.15) is 0 Å². The lowest BCUT2D eigenvalue weighted by Crippen LogP contribution is -2.15. The first kappa shape index (κ1) is 12.0. The highest BCUT2D eigenvalue weighted by Crippen LogP contribution is 2.25. The molecule has 0 aliphatic heterocycles. The Labute approximate surface area is 94.5 Å². The number of halogens is 1. The molecule has 1 aliphatic rings. The second-order valence-electron chi connectivity index (χ2n) is 3.87. The number of carbonyl (C=O) groups is 1. The number of nitrogens with zero attached hydrogens (tertiary/aromatic N) is 1. The molecule has 84 valence electrons. The minimum atomic E-state index is -0.696. The third-order valence-electron chi connectivity index (χ3n) is 2.86. The van der Waals surface area contributed by atoms with Gasteiger partial charge in [0.2, 0.25) is 0 Å². The summed E-state index contributed by atoms with van der Waals surface area (Å²) in [6.07, 6.45) is 5.82. The largest absolute Gasteiger partial charge is 0.481 e. The molecule has 5 heteroatoms. The van der Waals surface area contributed by atoms with E-state index in [9.17, 15) is 4.79 Å². The van der Waals surface area contributed by atoms with Gasteiger partial charge in [0, 0.05) is 12.1 Å². The van der Waals surface area contributed by atoms with Crippen molar-refractivity contribution in [1.82, 2.24) is 9.97 Å². The van der Waals surface area contributed by atoms with Crippen molar-refractivity contribution in [3.63, 3.8) is 0 Å². The SMILES string of the molecule is Cl.O=C(O)CCC1CCc2[nH]cnc2C1. The number of aliphatic carboxylic acids is 1. The molecule has 1 aromatic rings. The van der Waals surface area contributed by atoms with Gasteiger partial charge in [-0.05, 0) is 31.6 Å². The van der Waals surface area contributed by atoms with Gasteiger partial charge in [0.15, 0.2) is 0 Å². The van der Waals surface area contributed by atoms with Crippen LogP contribution in [0, 0.1) is 5.92 Å². The van der Waals surface area contributed by atoms with Crippen molar-refractivity contribution in [3.8, 4) is 0 Å². The highest BCUT2D eigenvalue weighted by Gasteiger charge is 2.20. The molecule has 2 N–H and O–H groups in total. The topological polar surface area (TPSA) is 66.0 Å². The first-order valence-electron chi connectivity index (χ1n) is 4.98. The third-order valence-corrected chi connectivity index (χ3v) is 2.86. The molecule has 1 atom stereocenters. The van der Waals surface area contributed by atoms with Crippen molar-refractivity contribution in [2.45, 2.75) is 32.1 Å². The zero-order valence-corrected chi connectivity index (χ0v) is 9.22. The number of nitrogens with one attached hydrogen (secondary N) is 1. The number of H-pyrrole nitrogens is 1. The number of aromatic nitrogens is 2. The van der Waals surface area contributed by atoms with Crippen molar-refractivity contribution >= 4 is 18.4 Å². The van der Waals surface area contributed by atoms with Gasteiger partial charge in [0.25, 0.3) is 0 Å².